The second-order valence-corrected chi connectivity index (χ2v) is 7.50. The van der Waals surface area contributed by atoms with E-state index in [1.165, 1.54) is 0 Å². The first-order valence-electron chi connectivity index (χ1n) is 7.22. The van der Waals surface area contributed by atoms with Crippen LogP contribution in [0, 0.1) is 13.8 Å². The molecule has 1 aromatic carbocycles. The molecule has 1 heterocycles. The number of nitrogens with one attached hydrogen (secondary N) is 1. The van der Waals surface area contributed by atoms with Crippen LogP contribution in [0.1, 0.15) is 24.0 Å². The standard InChI is InChI=1S/C15H24N2O3S.ClH/c1-11-9-14(10-12(2)15(11)20-4)21(18,19)17-7-5-13(16-3)6-8-17;/h9-10,13,16H,5-8H2,1-4H3;1H. The number of ether oxygens (including phenoxy) is 1. The highest BCUT2D eigenvalue weighted by molar-refractivity contribution is 7.89. The Hall–Kier alpha value is -0.820. The Morgan fingerprint density at radius 3 is 2.09 bits per heavy atom. The number of aryl methyl sites for hydroxylation is 2. The predicted molar refractivity (Wildman–Crippen MR) is 90.6 cm³/mol. The van der Waals surface area contributed by atoms with E-state index in [9.17, 15) is 8.42 Å². The van der Waals surface area contributed by atoms with Gasteiger partial charge in [-0.2, -0.15) is 4.31 Å². The summed E-state index contributed by atoms with van der Waals surface area (Å²) in [4.78, 5) is 0.362. The topological polar surface area (TPSA) is 58.6 Å². The van der Waals surface area contributed by atoms with Gasteiger partial charge < -0.3 is 10.1 Å². The molecule has 0 aliphatic carbocycles. The highest BCUT2D eigenvalue weighted by Crippen LogP contribution is 2.29. The molecule has 0 atom stereocenters. The SMILES string of the molecule is CNC1CCN(S(=O)(=O)c2cc(C)c(OC)c(C)c2)CC1.Cl. The van der Waals surface area contributed by atoms with Crippen molar-refractivity contribution >= 4 is 22.4 Å². The molecule has 1 N–H and O–H groups in total. The summed E-state index contributed by atoms with van der Waals surface area (Å²) in [5, 5.41) is 3.21. The number of methoxy groups -OCH3 is 1. The van der Waals surface area contributed by atoms with E-state index in [0.29, 0.717) is 24.0 Å². The maximum absolute atomic E-state index is 12.8. The molecule has 0 aromatic heterocycles. The zero-order valence-electron chi connectivity index (χ0n) is 13.5. The molecular weight excluding hydrogens is 324 g/mol. The zero-order valence-corrected chi connectivity index (χ0v) is 15.2. The maximum Gasteiger partial charge on any atom is 0.243 e. The molecule has 5 nitrogen and oxygen atoms in total. The van der Waals surface area contributed by atoms with Crippen LogP contribution in [0.5, 0.6) is 5.75 Å². The lowest BCUT2D eigenvalue weighted by molar-refractivity contribution is 0.298. The first-order valence-corrected chi connectivity index (χ1v) is 8.66. The van der Waals surface area contributed by atoms with Gasteiger partial charge in [-0.1, -0.05) is 0 Å². The second-order valence-electron chi connectivity index (χ2n) is 5.56. The molecule has 126 valence electrons. The summed E-state index contributed by atoms with van der Waals surface area (Å²) in [6.07, 6.45) is 1.70. The minimum Gasteiger partial charge on any atom is -0.496 e. The molecule has 1 fully saturated rings. The summed E-state index contributed by atoms with van der Waals surface area (Å²) in [6.45, 7) is 4.88. The molecule has 0 bridgehead atoms. The van der Waals surface area contributed by atoms with Crippen LogP contribution in [-0.4, -0.2) is 46.0 Å². The first kappa shape index (κ1) is 19.2. The molecule has 22 heavy (non-hydrogen) atoms. The number of hydrogen-bond acceptors (Lipinski definition) is 4. The van der Waals surface area contributed by atoms with Gasteiger partial charge in [-0.25, -0.2) is 8.42 Å². The van der Waals surface area contributed by atoms with Gasteiger partial charge in [-0.15, -0.1) is 12.4 Å². The molecule has 2 rings (SSSR count). The van der Waals surface area contributed by atoms with E-state index < -0.39 is 10.0 Å². The summed E-state index contributed by atoms with van der Waals surface area (Å²) in [5.41, 5.74) is 1.70. The second kappa shape index (κ2) is 7.64. The fourth-order valence-corrected chi connectivity index (χ4v) is 4.56. The Bertz CT molecular complexity index is 588. The third-order valence-electron chi connectivity index (χ3n) is 4.14. The van der Waals surface area contributed by atoms with Crippen molar-refractivity contribution in [2.45, 2.75) is 37.6 Å². The van der Waals surface area contributed by atoms with Gasteiger partial charge in [0.15, 0.2) is 0 Å². The van der Waals surface area contributed by atoms with E-state index in [1.807, 2.05) is 20.9 Å². The summed E-state index contributed by atoms with van der Waals surface area (Å²) in [7, 11) is 0.111. The molecule has 0 unspecified atom stereocenters. The van der Waals surface area contributed by atoms with Crippen LogP contribution in [0.25, 0.3) is 0 Å². The highest BCUT2D eigenvalue weighted by atomic mass is 35.5. The van der Waals surface area contributed by atoms with Crippen molar-refractivity contribution in [1.82, 2.24) is 9.62 Å². The monoisotopic (exact) mass is 348 g/mol. The van der Waals surface area contributed by atoms with Gasteiger partial charge in [0.05, 0.1) is 12.0 Å². The van der Waals surface area contributed by atoms with Gasteiger partial charge in [0.2, 0.25) is 10.0 Å². The Balaban J connectivity index is 0.00000242. The molecule has 1 aliphatic rings. The van der Waals surface area contributed by atoms with E-state index in [-0.39, 0.29) is 12.4 Å². The van der Waals surface area contributed by atoms with Crippen molar-refractivity contribution in [2.75, 3.05) is 27.2 Å². The predicted octanol–water partition coefficient (Wildman–Crippen LogP) is 2.11. The molecule has 0 saturated carbocycles. The molecule has 7 heteroatoms. The Morgan fingerprint density at radius 2 is 1.68 bits per heavy atom. The van der Waals surface area contributed by atoms with E-state index in [4.69, 9.17) is 4.74 Å². The number of halogens is 1. The number of rotatable bonds is 4. The normalized spacial score (nSPS) is 17.1. The third kappa shape index (κ3) is 3.74. The van der Waals surface area contributed by atoms with Crippen LogP contribution in [0.3, 0.4) is 0 Å². The van der Waals surface area contributed by atoms with Crippen molar-refractivity contribution < 1.29 is 13.2 Å². The fourth-order valence-electron chi connectivity index (χ4n) is 2.92. The number of piperidine rings is 1. The molecule has 1 aromatic rings. The summed E-state index contributed by atoms with van der Waals surface area (Å²) < 4.78 is 32.4. The van der Waals surface area contributed by atoms with Crippen LogP contribution in [0.15, 0.2) is 17.0 Å². The minimum atomic E-state index is -3.41. The average molecular weight is 349 g/mol. The first-order chi connectivity index (χ1) is 9.90. The van der Waals surface area contributed by atoms with Crippen molar-refractivity contribution in [1.29, 1.82) is 0 Å². The minimum absolute atomic E-state index is 0. The van der Waals surface area contributed by atoms with E-state index in [1.54, 1.807) is 23.5 Å². The van der Waals surface area contributed by atoms with Crippen molar-refractivity contribution in [3.05, 3.63) is 23.3 Å². The molecule has 0 spiro atoms. The quantitative estimate of drug-likeness (QED) is 0.905. The zero-order chi connectivity index (χ0) is 15.6. The lowest BCUT2D eigenvalue weighted by Gasteiger charge is -2.31. The van der Waals surface area contributed by atoms with Crippen molar-refractivity contribution in [2.24, 2.45) is 0 Å². The Kier molecular flexibility index (Phi) is 6.67. The number of nitrogens with zero attached hydrogens (tertiary/aromatic N) is 1. The average Bonchev–Trinajstić information content (AvgIpc) is 2.47. The molecule has 0 amide bonds. The third-order valence-corrected chi connectivity index (χ3v) is 6.01. The van der Waals surface area contributed by atoms with Gasteiger partial charge in [0, 0.05) is 19.1 Å². The summed E-state index contributed by atoms with van der Waals surface area (Å²) in [6, 6.07) is 3.81. The van der Waals surface area contributed by atoms with Crippen LogP contribution in [0.2, 0.25) is 0 Å². The van der Waals surface area contributed by atoms with E-state index in [2.05, 4.69) is 5.32 Å². The van der Waals surface area contributed by atoms with Crippen molar-refractivity contribution in [3.8, 4) is 5.75 Å². The fraction of sp³-hybridized carbons (Fsp3) is 0.600. The summed E-state index contributed by atoms with van der Waals surface area (Å²) in [5.74, 6) is 0.753. The van der Waals surface area contributed by atoms with Gasteiger partial charge in [-0.3, -0.25) is 0 Å². The highest BCUT2D eigenvalue weighted by Gasteiger charge is 2.29. The largest absolute Gasteiger partial charge is 0.496 e. The maximum atomic E-state index is 12.8. The lowest BCUT2D eigenvalue weighted by Crippen LogP contribution is -2.43. The van der Waals surface area contributed by atoms with Crippen LogP contribution in [-0.2, 0) is 10.0 Å². The van der Waals surface area contributed by atoms with E-state index in [0.717, 1.165) is 29.7 Å². The Labute approximate surface area is 139 Å². The van der Waals surface area contributed by atoms with Crippen LogP contribution in [0.4, 0.5) is 0 Å². The lowest BCUT2D eigenvalue weighted by atomic mass is 10.1. The van der Waals surface area contributed by atoms with Gasteiger partial charge in [-0.05, 0) is 57.0 Å². The van der Waals surface area contributed by atoms with Crippen molar-refractivity contribution in [3.63, 3.8) is 0 Å². The number of sulfonamides is 1. The Morgan fingerprint density at radius 1 is 1.18 bits per heavy atom. The van der Waals surface area contributed by atoms with Crippen LogP contribution < -0.4 is 10.1 Å². The molecule has 0 radical (unpaired) electrons. The molecule has 1 saturated heterocycles. The molecular formula is C15H25ClN2O3S. The number of hydrogen-bond donors (Lipinski definition) is 1. The number of benzene rings is 1. The van der Waals surface area contributed by atoms with Gasteiger partial charge in [0.25, 0.3) is 0 Å². The van der Waals surface area contributed by atoms with Gasteiger partial charge >= 0.3 is 0 Å². The van der Waals surface area contributed by atoms with Gasteiger partial charge in [0.1, 0.15) is 5.75 Å². The smallest absolute Gasteiger partial charge is 0.243 e. The van der Waals surface area contributed by atoms with E-state index >= 15 is 0 Å². The molecule has 1 aliphatic heterocycles. The van der Waals surface area contributed by atoms with Crippen LogP contribution >= 0.6 is 12.4 Å². The summed E-state index contributed by atoms with van der Waals surface area (Å²) >= 11 is 0.